The number of aryl methyl sites for hydroxylation is 1. The van der Waals surface area contributed by atoms with E-state index in [0.29, 0.717) is 62.2 Å². The predicted molar refractivity (Wildman–Crippen MR) is 136 cm³/mol. The Balaban J connectivity index is 1.69. The fraction of sp³-hybridized carbons (Fsp3) is 0.667. The van der Waals surface area contributed by atoms with Crippen LogP contribution >= 0.6 is 0 Å². The summed E-state index contributed by atoms with van der Waals surface area (Å²) in [4.78, 5) is 44.0. The normalized spacial score (nSPS) is 22.3. The number of ether oxygens (including phenoxy) is 2. The van der Waals surface area contributed by atoms with E-state index in [9.17, 15) is 19.5 Å². The molecule has 0 saturated carbocycles. The Hall–Kier alpha value is -2.81. The Morgan fingerprint density at radius 1 is 1.19 bits per heavy atom. The SMILES string of the molecule is Cc1cc2c(cc1C(=O)N(C(C)C)[C@@H]1CCCN(C(=O)O)C1)N(CC1CCOCC1)C(=O)C(C)(C)O2. The second kappa shape index (κ2) is 10.3. The lowest BCUT2D eigenvalue weighted by molar-refractivity contribution is -0.133. The van der Waals surface area contributed by atoms with E-state index in [1.54, 1.807) is 24.8 Å². The van der Waals surface area contributed by atoms with E-state index < -0.39 is 11.7 Å². The molecule has 0 unspecified atom stereocenters. The highest BCUT2D eigenvalue weighted by Crippen LogP contribution is 2.41. The average Bonchev–Trinajstić information content (AvgIpc) is 2.82. The number of carbonyl (C=O) groups excluding carboxylic acids is 2. The molecule has 198 valence electrons. The molecule has 0 radical (unpaired) electrons. The number of amides is 3. The first-order valence-corrected chi connectivity index (χ1v) is 13.0. The average molecular weight is 502 g/mol. The topological polar surface area (TPSA) is 99.6 Å². The molecule has 1 atom stereocenters. The molecule has 0 aromatic heterocycles. The fourth-order valence-electron chi connectivity index (χ4n) is 5.63. The highest BCUT2D eigenvalue weighted by molar-refractivity contribution is 6.05. The highest BCUT2D eigenvalue weighted by Gasteiger charge is 2.43. The summed E-state index contributed by atoms with van der Waals surface area (Å²) in [7, 11) is 0. The van der Waals surface area contributed by atoms with Gasteiger partial charge in [0, 0.05) is 44.5 Å². The molecular weight excluding hydrogens is 462 g/mol. The standard InChI is InChI=1S/C27H39N3O6/c1-17(2)30(20-7-6-10-28(16-20)26(33)34)24(31)21-14-22-23(13-18(21)3)36-27(4,5)25(32)29(22)15-19-8-11-35-12-9-19/h13-14,17,19-20H,6-12,15-16H2,1-5H3,(H,33,34)/t20-/m1/s1. The van der Waals surface area contributed by atoms with Gasteiger partial charge in [0.05, 0.1) is 11.7 Å². The minimum atomic E-state index is -0.998. The summed E-state index contributed by atoms with van der Waals surface area (Å²) in [6.45, 7) is 12.1. The van der Waals surface area contributed by atoms with Crippen LogP contribution in [-0.2, 0) is 9.53 Å². The van der Waals surface area contributed by atoms with Crippen LogP contribution in [0.3, 0.4) is 0 Å². The lowest BCUT2D eigenvalue weighted by Crippen LogP contribution is -2.54. The molecule has 1 N–H and O–H groups in total. The zero-order valence-corrected chi connectivity index (χ0v) is 22.1. The molecule has 1 aromatic rings. The van der Waals surface area contributed by atoms with Crippen LogP contribution in [0.25, 0.3) is 0 Å². The fourth-order valence-corrected chi connectivity index (χ4v) is 5.63. The third-order valence-corrected chi connectivity index (χ3v) is 7.59. The van der Waals surface area contributed by atoms with Crippen molar-refractivity contribution in [3.8, 4) is 5.75 Å². The van der Waals surface area contributed by atoms with Crippen LogP contribution in [0.4, 0.5) is 10.5 Å². The van der Waals surface area contributed by atoms with E-state index in [1.165, 1.54) is 4.90 Å². The number of benzene rings is 1. The Labute approximate surface area is 213 Å². The third-order valence-electron chi connectivity index (χ3n) is 7.59. The molecule has 0 bridgehead atoms. The highest BCUT2D eigenvalue weighted by atomic mass is 16.5. The van der Waals surface area contributed by atoms with E-state index in [1.807, 2.05) is 31.7 Å². The minimum absolute atomic E-state index is 0.109. The number of hydrogen-bond donors (Lipinski definition) is 1. The Kier molecular flexibility index (Phi) is 7.50. The van der Waals surface area contributed by atoms with E-state index in [0.717, 1.165) is 24.8 Å². The van der Waals surface area contributed by atoms with E-state index >= 15 is 0 Å². The summed E-state index contributed by atoms with van der Waals surface area (Å²) in [6.07, 6.45) is 2.29. The number of carbonyl (C=O) groups is 3. The molecule has 0 spiro atoms. The molecule has 2 saturated heterocycles. The number of carboxylic acid groups (broad SMARTS) is 1. The van der Waals surface area contributed by atoms with Gasteiger partial charge in [0.2, 0.25) is 0 Å². The summed E-state index contributed by atoms with van der Waals surface area (Å²) in [5, 5.41) is 9.50. The van der Waals surface area contributed by atoms with Crippen molar-refractivity contribution in [1.29, 1.82) is 0 Å². The number of fused-ring (bicyclic) bond motifs is 1. The zero-order valence-electron chi connectivity index (χ0n) is 22.1. The smallest absolute Gasteiger partial charge is 0.407 e. The molecular formula is C27H39N3O6. The van der Waals surface area contributed by atoms with Crippen molar-refractivity contribution < 1.29 is 29.0 Å². The Bertz CT molecular complexity index is 1020. The number of nitrogens with zero attached hydrogens (tertiary/aromatic N) is 3. The molecule has 4 rings (SSSR count). The van der Waals surface area contributed by atoms with Gasteiger partial charge in [-0.25, -0.2) is 4.79 Å². The summed E-state index contributed by atoms with van der Waals surface area (Å²) >= 11 is 0. The van der Waals surface area contributed by atoms with Crippen molar-refractivity contribution in [2.75, 3.05) is 37.7 Å². The second-order valence-electron chi connectivity index (χ2n) is 11.0. The first-order valence-electron chi connectivity index (χ1n) is 13.0. The van der Waals surface area contributed by atoms with E-state index in [-0.39, 0.29) is 23.9 Å². The van der Waals surface area contributed by atoms with Crippen molar-refractivity contribution in [1.82, 2.24) is 9.80 Å². The largest absolute Gasteiger partial charge is 0.476 e. The Morgan fingerprint density at radius 3 is 2.53 bits per heavy atom. The van der Waals surface area contributed by atoms with Crippen LogP contribution in [0.5, 0.6) is 5.75 Å². The first kappa shape index (κ1) is 26.3. The Morgan fingerprint density at radius 2 is 1.89 bits per heavy atom. The molecule has 3 heterocycles. The quantitative estimate of drug-likeness (QED) is 0.657. The van der Waals surface area contributed by atoms with Crippen LogP contribution in [0.2, 0.25) is 0 Å². The van der Waals surface area contributed by atoms with Gasteiger partial charge >= 0.3 is 6.09 Å². The van der Waals surface area contributed by atoms with Gasteiger partial charge in [0.25, 0.3) is 11.8 Å². The molecule has 3 aliphatic heterocycles. The van der Waals surface area contributed by atoms with Crippen molar-refractivity contribution in [2.45, 2.75) is 78.0 Å². The lowest BCUT2D eigenvalue weighted by Gasteiger charge is -2.42. The number of rotatable bonds is 5. The maximum Gasteiger partial charge on any atom is 0.407 e. The van der Waals surface area contributed by atoms with Gasteiger partial charge in [0.1, 0.15) is 5.75 Å². The zero-order chi connectivity index (χ0) is 26.2. The molecule has 9 heteroatoms. The molecule has 3 aliphatic rings. The number of piperidine rings is 1. The summed E-state index contributed by atoms with van der Waals surface area (Å²) < 4.78 is 11.6. The van der Waals surface area contributed by atoms with Crippen LogP contribution < -0.4 is 9.64 Å². The van der Waals surface area contributed by atoms with Gasteiger partial charge in [-0.3, -0.25) is 9.59 Å². The monoisotopic (exact) mass is 501 g/mol. The summed E-state index contributed by atoms with van der Waals surface area (Å²) in [5.74, 6) is 0.660. The van der Waals surface area contributed by atoms with E-state index in [4.69, 9.17) is 9.47 Å². The van der Waals surface area contributed by atoms with E-state index in [2.05, 4.69) is 0 Å². The van der Waals surface area contributed by atoms with Gasteiger partial charge in [0.15, 0.2) is 5.60 Å². The molecule has 36 heavy (non-hydrogen) atoms. The van der Waals surface area contributed by atoms with Crippen molar-refractivity contribution >= 4 is 23.6 Å². The molecule has 1 aromatic carbocycles. The predicted octanol–water partition coefficient (Wildman–Crippen LogP) is 3.92. The van der Waals surface area contributed by atoms with Gasteiger partial charge < -0.3 is 29.3 Å². The first-order chi connectivity index (χ1) is 17.0. The number of likely N-dealkylation sites (tertiary alicyclic amines) is 1. The van der Waals surface area contributed by atoms with Crippen LogP contribution in [0.15, 0.2) is 12.1 Å². The summed E-state index contributed by atoms with van der Waals surface area (Å²) in [5.41, 5.74) is 0.913. The second-order valence-corrected chi connectivity index (χ2v) is 11.0. The van der Waals surface area contributed by atoms with Crippen LogP contribution in [0, 0.1) is 12.8 Å². The van der Waals surface area contributed by atoms with Gasteiger partial charge in [-0.2, -0.15) is 0 Å². The third kappa shape index (κ3) is 5.16. The van der Waals surface area contributed by atoms with Gasteiger partial charge in [-0.1, -0.05) is 0 Å². The minimum Gasteiger partial charge on any atom is -0.476 e. The molecule has 3 amide bonds. The lowest BCUT2D eigenvalue weighted by atomic mass is 9.95. The van der Waals surface area contributed by atoms with Crippen LogP contribution in [0.1, 0.15) is 69.3 Å². The van der Waals surface area contributed by atoms with Gasteiger partial charge in [-0.05, 0) is 83.9 Å². The maximum absolute atomic E-state index is 14.0. The number of hydrogen-bond acceptors (Lipinski definition) is 5. The van der Waals surface area contributed by atoms with Crippen molar-refractivity contribution in [3.05, 3.63) is 23.3 Å². The van der Waals surface area contributed by atoms with Crippen molar-refractivity contribution in [3.63, 3.8) is 0 Å². The van der Waals surface area contributed by atoms with Crippen molar-refractivity contribution in [2.24, 2.45) is 5.92 Å². The maximum atomic E-state index is 14.0. The van der Waals surface area contributed by atoms with Gasteiger partial charge in [-0.15, -0.1) is 0 Å². The summed E-state index contributed by atoms with van der Waals surface area (Å²) in [6, 6.07) is 3.35. The molecule has 0 aliphatic carbocycles. The molecule has 2 fully saturated rings. The van der Waals surface area contributed by atoms with Crippen LogP contribution in [-0.4, -0.2) is 83.3 Å². The molecule has 9 nitrogen and oxygen atoms in total. The number of anilines is 1.